The zero-order valence-electron chi connectivity index (χ0n) is 8.88. The quantitative estimate of drug-likeness (QED) is 0.550. The summed E-state index contributed by atoms with van der Waals surface area (Å²) in [5, 5.41) is 3.74. The first-order chi connectivity index (χ1) is 7.06. The second-order valence-corrected chi connectivity index (χ2v) is 3.00. The van der Waals surface area contributed by atoms with E-state index in [1.165, 1.54) is 0 Å². The van der Waals surface area contributed by atoms with Crippen molar-refractivity contribution in [2.75, 3.05) is 6.61 Å². The van der Waals surface area contributed by atoms with Gasteiger partial charge in [-0.2, -0.15) is 0 Å². The number of aromatic amines is 2. The maximum Gasteiger partial charge on any atom is 0.325 e. The zero-order chi connectivity index (χ0) is 11.4. The minimum atomic E-state index is -0.523. The van der Waals surface area contributed by atoms with Gasteiger partial charge in [-0.3, -0.25) is 9.78 Å². The summed E-state index contributed by atoms with van der Waals surface area (Å²) in [6.45, 7) is 5.50. The third-order valence-corrected chi connectivity index (χ3v) is 1.82. The Kier molecular flexibility index (Phi) is 3.43. The fraction of sp³-hybridized carbons (Fsp3) is 0.444. The zero-order valence-corrected chi connectivity index (χ0v) is 8.88. The van der Waals surface area contributed by atoms with Crippen LogP contribution in [0.4, 0.5) is 0 Å². The molecule has 0 bridgehead atoms. The Hall–Kier alpha value is -1.85. The monoisotopic (exact) mass is 211 g/mol. The summed E-state index contributed by atoms with van der Waals surface area (Å²) < 4.78 is 0. The molecule has 0 amide bonds. The van der Waals surface area contributed by atoms with Crippen LogP contribution in [0.15, 0.2) is 14.7 Å². The van der Waals surface area contributed by atoms with Crippen LogP contribution in [0.2, 0.25) is 0 Å². The van der Waals surface area contributed by atoms with Crippen molar-refractivity contribution in [2.45, 2.75) is 20.8 Å². The van der Waals surface area contributed by atoms with Gasteiger partial charge in [0.05, 0.1) is 11.3 Å². The molecule has 0 aromatic carbocycles. The summed E-state index contributed by atoms with van der Waals surface area (Å²) in [6, 6.07) is 0. The number of H-pyrrole nitrogens is 2. The molecule has 1 aromatic heterocycles. The molecule has 0 aliphatic heterocycles. The molecule has 15 heavy (non-hydrogen) atoms. The highest BCUT2D eigenvalue weighted by Gasteiger charge is 2.09. The van der Waals surface area contributed by atoms with Crippen LogP contribution in [-0.4, -0.2) is 22.3 Å². The van der Waals surface area contributed by atoms with Crippen LogP contribution in [0, 0.1) is 6.92 Å². The van der Waals surface area contributed by atoms with E-state index in [9.17, 15) is 9.59 Å². The van der Waals surface area contributed by atoms with Crippen LogP contribution < -0.4 is 11.2 Å². The minimum Gasteiger partial charge on any atom is -0.396 e. The van der Waals surface area contributed by atoms with Crippen LogP contribution in [0.25, 0.3) is 0 Å². The van der Waals surface area contributed by atoms with Gasteiger partial charge in [-0.05, 0) is 20.8 Å². The van der Waals surface area contributed by atoms with E-state index in [0.717, 1.165) is 0 Å². The van der Waals surface area contributed by atoms with Gasteiger partial charge in [-0.1, -0.05) is 5.16 Å². The Morgan fingerprint density at radius 1 is 1.40 bits per heavy atom. The maximum absolute atomic E-state index is 11.5. The molecule has 0 saturated heterocycles. The molecule has 0 fully saturated rings. The lowest BCUT2D eigenvalue weighted by molar-refractivity contribution is 0.159. The molecule has 82 valence electrons. The molecule has 1 heterocycles. The largest absolute Gasteiger partial charge is 0.396 e. The third-order valence-electron chi connectivity index (χ3n) is 1.82. The molecule has 0 unspecified atom stereocenters. The van der Waals surface area contributed by atoms with Crippen LogP contribution in [0.3, 0.4) is 0 Å². The first-order valence-electron chi connectivity index (χ1n) is 4.56. The van der Waals surface area contributed by atoms with Gasteiger partial charge < -0.3 is 9.82 Å². The Morgan fingerprint density at radius 3 is 2.60 bits per heavy atom. The molecule has 2 N–H and O–H groups in total. The van der Waals surface area contributed by atoms with Crippen molar-refractivity contribution in [3.63, 3.8) is 0 Å². The number of aryl methyl sites for hydroxylation is 1. The lowest BCUT2D eigenvalue weighted by atomic mass is 10.1. The molecular weight excluding hydrogens is 198 g/mol. The summed E-state index contributed by atoms with van der Waals surface area (Å²) in [7, 11) is 0. The second kappa shape index (κ2) is 4.59. The second-order valence-electron chi connectivity index (χ2n) is 3.00. The van der Waals surface area contributed by atoms with E-state index in [2.05, 4.69) is 15.1 Å². The van der Waals surface area contributed by atoms with Crippen molar-refractivity contribution in [1.82, 2.24) is 9.97 Å². The Morgan fingerprint density at radius 2 is 2.07 bits per heavy atom. The SMILES string of the molecule is CCON=C(C)c1c(C)[nH]c(=O)[nH]c1=O. The predicted octanol–water partition coefficient (Wildman–Crippen LogP) is 0.132. The molecule has 6 heteroatoms. The van der Waals surface area contributed by atoms with Crippen LogP contribution in [0.5, 0.6) is 0 Å². The topological polar surface area (TPSA) is 87.3 Å². The number of nitrogens with one attached hydrogen (secondary N) is 2. The fourth-order valence-electron chi connectivity index (χ4n) is 1.24. The van der Waals surface area contributed by atoms with Crippen LogP contribution in [-0.2, 0) is 4.84 Å². The lowest BCUT2D eigenvalue weighted by Gasteiger charge is -2.02. The van der Waals surface area contributed by atoms with E-state index in [-0.39, 0.29) is 0 Å². The van der Waals surface area contributed by atoms with Gasteiger partial charge in [0.25, 0.3) is 5.56 Å². The smallest absolute Gasteiger partial charge is 0.325 e. The van der Waals surface area contributed by atoms with E-state index in [0.29, 0.717) is 23.6 Å². The van der Waals surface area contributed by atoms with Crippen molar-refractivity contribution < 1.29 is 4.84 Å². The van der Waals surface area contributed by atoms with Crippen molar-refractivity contribution in [2.24, 2.45) is 5.16 Å². The van der Waals surface area contributed by atoms with Crippen molar-refractivity contribution in [1.29, 1.82) is 0 Å². The summed E-state index contributed by atoms with van der Waals surface area (Å²) >= 11 is 0. The third kappa shape index (κ3) is 2.55. The number of rotatable bonds is 3. The van der Waals surface area contributed by atoms with Gasteiger partial charge in [0.15, 0.2) is 0 Å². The molecule has 1 rings (SSSR count). The number of nitrogens with zero attached hydrogens (tertiary/aromatic N) is 1. The van der Waals surface area contributed by atoms with Crippen molar-refractivity contribution in [3.05, 3.63) is 32.1 Å². The van der Waals surface area contributed by atoms with E-state index >= 15 is 0 Å². The minimum absolute atomic E-state index is 0.336. The lowest BCUT2D eigenvalue weighted by Crippen LogP contribution is -2.29. The van der Waals surface area contributed by atoms with Crippen LogP contribution >= 0.6 is 0 Å². The molecule has 0 aliphatic rings. The van der Waals surface area contributed by atoms with E-state index in [1.807, 2.05) is 0 Å². The Labute approximate surface area is 86.0 Å². The van der Waals surface area contributed by atoms with Crippen molar-refractivity contribution in [3.8, 4) is 0 Å². The average Bonchev–Trinajstić information content (AvgIpc) is 2.12. The predicted molar refractivity (Wildman–Crippen MR) is 56.3 cm³/mol. The Bertz CT molecular complexity index is 484. The molecule has 0 atom stereocenters. The first kappa shape index (κ1) is 11.2. The average molecular weight is 211 g/mol. The van der Waals surface area contributed by atoms with Gasteiger partial charge in [0, 0.05) is 5.69 Å². The molecule has 0 saturated carbocycles. The van der Waals surface area contributed by atoms with E-state index in [1.54, 1.807) is 20.8 Å². The van der Waals surface area contributed by atoms with Gasteiger partial charge in [-0.15, -0.1) is 0 Å². The van der Waals surface area contributed by atoms with Gasteiger partial charge in [0.2, 0.25) is 0 Å². The highest BCUT2D eigenvalue weighted by molar-refractivity contribution is 5.98. The molecule has 0 radical (unpaired) electrons. The maximum atomic E-state index is 11.5. The molecule has 0 spiro atoms. The van der Waals surface area contributed by atoms with Crippen molar-refractivity contribution >= 4 is 5.71 Å². The highest BCUT2D eigenvalue weighted by Crippen LogP contribution is 1.98. The normalized spacial score (nSPS) is 11.5. The van der Waals surface area contributed by atoms with Crippen LogP contribution in [0.1, 0.15) is 25.1 Å². The summed E-state index contributed by atoms with van der Waals surface area (Å²) in [5.41, 5.74) is 0.266. The van der Waals surface area contributed by atoms with Gasteiger partial charge in [0.1, 0.15) is 6.61 Å². The Balaban J connectivity index is 3.26. The van der Waals surface area contributed by atoms with E-state index < -0.39 is 11.2 Å². The summed E-state index contributed by atoms with van der Waals surface area (Å²) in [6.07, 6.45) is 0. The number of hydrogen-bond acceptors (Lipinski definition) is 4. The highest BCUT2D eigenvalue weighted by atomic mass is 16.6. The molecular formula is C9H13N3O3. The number of hydrogen-bond donors (Lipinski definition) is 2. The fourth-order valence-corrected chi connectivity index (χ4v) is 1.24. The van der Waals surface area contributed by atoms with Gasteiger partial charge >= 0.3 is 5.69 Å². The number of aromatic nitrogens is 2. The first-order valence-corrected chi connectivity index (χ1v) is 4.56. The summed E-state index contributed by atoms with van der Waals surface area (Å²) in [5.74, 6) is 0. The number of oxime groups is 1. The van der Waals surface area contributed by atoms with E-state index in [4.69, 9.17) is 4.84 Å². The molecule has 0 aliphatic carbocycles. The molecule has 6 nitrogen and oxygen atoms in total. The molecule has 1 aromatic rings. The summed E-state index contributed by atoms with van der Waals surface area (Å²) in [4.78, 5) is 31.8. The standard InChI is InChI=1S/C9H13N3O3/c1-4-15-12-6(3)7-5(2)10-9(14)11-8(7)13/h4H2,1-3H3,(H2,10,11,13,14). The van der Waals surface area contributed by atoms with Gasteiger partial charge in [-0.25, -0.2) is 4.79 Å².